The predicted octanol–water partition coefficient (Wildman–Crippen LogP) is 3.44. The average molecular weight is 265 g/mol. The fraction of sp³-hybridized carbons (Fsp3) is 0.176. The first-order chi connectivity index (χ1) is 9.60. The highest BCUT2D eigenvalue weighted by molar-refractivity contribution is 5.97. The molecule has 0 spiro atoms. The SMILES string of the molecule is Cc1ccc(C(=O)COc2cccc(C#N)c2)cc1C. The molecule has 100 valence electrons. The van der Waals surface area contributed by atoms with E-state index in [1.807, 2.05) is 32.0 Å². The number of nitrogens with zero attached hydrogens (tertiary/aromatic N) is 1. The van der Waals surface area contributed by atoms with Gasteiger partial charge in [-0.05, 0) is 49.2 Å². The van der Waals surface area contributed by atoms with Gasteiger partial charge < -0.3 is 4.74 Å². The van der Waals surface area contributed by atoms with Gasteiger partial charge in [0, 0.05) is 5.56 Å². The van der Waals surface area contributed by atoms with Crippen molar-refractivity contribution in [2.75, 3.05) is 6.61 Å². The number of ketones is 1. The summed E-state index contributed by atoms with van der Waals surface area (Å²) < 4.78 is 5.43. The molecular weight excluding hydrogens is 250 g/mol. The Labute approximate surface area is 118 Å². The number of ether oxygens (including phenoxy) is 1. The molecule has 2 aromatic rings. The molecule has 20 heavy (non-hydrogen) atoms. The van der Waals surface area contributed by atoms with Gasteiger partial charge in [0.25, 0.3) is 0 Å². The number of benzene rings is 2. The minimum Gasteiger partial charge on any atom is -0.485 e. The highest BCUT2D eigenvalue weighted by Gasteiger charge is 2.08. The lowest BCUT2D eigenvalue weighted by Gasteiger charge is -2.07. The number of aryl methyl sites for hydroxylation is 2. The first-order valence-electron chi connectivity index (χ1n) is 6.33. The minimum absolute atomic E-state index is 0.0304. The number of Topliss-reactive ketones (excluding diaryl/α,β-unsaturated/α-hetero) is 1. The van der Waals surface area contributed by atoms with Gasteiger partial charge in [0.1, 0.15) is 5.75 Å². The molecule has 2 rings (SSSR count). The maximum Gasteiger partial charge on any atom is 0.200 e. The van der Waals surface area contributed by atoms with Crippen molar-refractivity contribution in [1.29, 1.82) is 5.26 Å². The zero-order valence-corrected chi connectivity index (χ0v) is 11.5. The number of nitriles is 1. The van der Waals surface area contributed by atoms with E-state index in [0.29, 0.717) is 16.9 Å². The van der Waals surface area contributed by atoms with Gasteiger partial charge in [0.15, 0.2) is 12.4 Å². The maximum absolute atomic E-state index is 12.0. The number of rotatable bonds is 4. The van der Waals surface area contributed by atoms with Crippen LogP contribution >= 0.6 is 0 Å². The number of hydrogen-bond acceptors (Lipinski definition) is 3. The number of hydrogen-bond donors (Lipinski definition) is 0. The fourth-order valence-electron chi connectivity index (χ4n) is 1.80. The molecule has 0 N–H and O–H groups in total. The summed E-state index contributed by atoms with van der Waals surface area (Å²) >= 11 is 0. The largest absolute Gasteiger partial charge is 0.485 e. The van der Waals surface area contributed by atoms with Crippen molar-refractivity contribution in [3.63, 3.8) is 0 Å². The molecule has 0 radical (unpaired) electrons. The first-order valence-corrected chi connectivity index (χ1v) is 6.33. The molecule has 3 nitrogen and oxygen atoms in total. The summed E-state index contributed by atoms with van der Waals surface area (Å²) in [6.07, 6.45) is 0. The van der Waals surface area contributed by atoms with E-state index in [2.05, 4.69) is 0 Å². The predicted molar refractivity (Wildman–Crippen MR) is 76.9 cm³/mol. The van der Waals surface area contributed by atoms with Crippen LogP contribution in [0.5, 0.6) is 5.75 Å². The highest BCUT2D eigenvalue weighted by Crippen LogP contribution is 2.14. The van der Waals surface area contributed by atoms with E-state index in [-0.39, 0.29) is 12.4 Å². The Hall–Kier alpha value is -2.60. The van der Waals surface area contributed by atoms with Crippen LogP contribution in [0.1, 0.15) is 27.0 Å². The Balaban J connectivity index is 2.05. The van der Waals surface area contributed by atoms with Gasteiger partial charge in [-0.15, -0.1) is 0 Å². The monoisotopic (exact) mass is 265 g/mol. The summed E-state index contributed by atoms with van der Waals surface area (Å²) in [4.78, 5) is 12.0. The van der Waals surface area contributed by atoms with Crippen LogP contribution in [0.4, 0.5) is 0 Å². The molecule has 0 amide bonds. The number of carbonyl (C=O) groups excluding carboxylic acids is 1. The van der Waals surface area contributed by atoms with E-state index >= 15 is 0 Å². The number of carbonyl (C=O) groups is 1. The lowest BCUT2D eigenvalue weighted by molar-refractivity contribution is 0.0921. The van der Waals surface area contributed by atoms with E-state index < -0.39 is 0 Å². The molecule has 0 fully saturated rings. The molecule has 0 atom stereocenters. The zero-order valence-electron chi connectivity index (χ0n) is 11.5. The Bertz CT molecular complexity index is 684. The molecule has 0 aliphatic rings. The van der Waals surface area contributed by atoms with E-state index in [1.54, 1.807) is 30.3 Å². The molecule has 0 saturated carbocycles. The van der Waals surface area contributed by atoms with Crippen LogP contribution in [0.2, 0.25) is 0 Å². The van der Waals surface area contributed by atoms with Gasteiger partial charge in [-0.3, -0.25) is 4.79 Å². The molecule has 0 heterocycles. The topological polar surface area (TPSA) is 50.1 Å². The van der Waals surface area contributed by atoms with Gasteiger partial charge in [-0.2, -0.15) is 5.26 Å². The van der Waals surface area contributed by atoms with Crippen LogP contribution in [-0.2, 0) is 0 Å². The van der Waals surface area contributed by atoms with E-state index in [0.717, 1.165) is 11.1 Å². The second-order valence-electron chi connectivity index (χ2n) is 4.65. The van der Waals surface area contributed by atoms with E-state index in [9.17, 15) is 4.79 Å². The van der Waals surface area contributed by atoms with Crippen molar-refractivity contribution >= 4 is 5.78 Å². The zero-order chi connectivity index (χ0) is 14.5. The van der Waals surface area contributed by atoms with Crippen LogP contribution in [0.15, 0.2) is 42.5 Å². The quantitative estimate of drug-likeness (QED) is 0.796. The molecule has 0 aromatic heterocycles. The van der Waals surface area contributed by atoms with Crippen molar-refractivity contribution in [2.45, 2.75) is 13.8 Å². The first kappa shape index (κ1) is 13.8. The van der Waals surface area contributed by atoms with Crippen molar-refractivity contribution in [3.05, 3.63) is 64.7 Å². The second kappa shape index (κ2) is 6.03. The van der Waals surface area contributed by atoms with Crippen LogP contribution in [0.3, 0.4) is 0 Å². The normalized spacial score (nSPS) is 9.85. The molecule has 0 unspecified atom stereocenters. The Morgan fingerprint density at radius 2 is 1.95 bits per heavy atom. The third-order valence-corrected chi connectivity index (χ3v) is 3.16. The van der Waals surface area contributed by atoms with Gasteiger partial charge in [0.2, 0.25) is 0 Å². The van der Waals surface area contributed by atoms with Gasteiger partial charge >= 0.3 is 0 Å². The van der Waals surface area contributed by atoms with Crippen molar-refractivity contribution in [3.8, 4) is 11.8 Å². The smallest absolute Gasteiger partial charge is 0.200 e. The maximum atomic E-state index is 12.0. The van der Waals surface area contributed by atoms with Crippen LogP contribution in [-0.4, -0.2) is 12.4 Å². The summed E-state index contributed by atoms with van der Waals surface area (Å²) in [5.41, 5.74) is 3.40. The third kappa shape index (κ3) is 3.24. The molecule has 0 aliphatic carbocycles. The van der Waals surface area contributed by atoms with Crippen molar-refractivity contribution in [2.24, 2.45) is 0 Å². The van der Waals surface area contributed by atoms with Crippen LogP contribution in [0, 0.1) is 25.2 Å². The Kier molecular flexibility index (Phi) is 4.17. The van der Waals surface area contributed by atoms with Crippen LogP contribution < -0.4 is 4.74 Å². The van der Waals surface area contributed by atoms with Crippen molar-refractivity contribution < 1.29 is 9.53 Å². The summed E-state index contributed by atoms with van der Waals surface area (Å²) in [6.45, 7) is 3.95. The van der Waals surface area contributed by atoms with Crippen molar-refractivity contribution in [1.82, 2.24) is 0 Å². The summed E-state index contributed by atoms with van der Waals surface area (Å²) in [5.74, 6) is 0.455. The summed E-state index contributed by atoms with van der Waals surface area (Å²) in [5, 5.41) is 8.80. The Morgan fingerprint density at radius 1 is 1.15 bits per heavy atom. The third-order valence-electron chi connectivity index (χ3n) is 3.16. The molecule has 3 heteroatoms. The minimum atomic E-state index is -0.0736. The van der Waals surface area contributed by atoms with E-state index in [1.165, 1.54) is 0 Å². The summed E-state index contributed by atoms with van der Waals surface area (Å²) in [7, 11) is 0. The molecular formula is C17H15NO2. The average Bonchev–Trinajstić information content (AvgIpc) is 2.47. The molecule has 0 saturated heterocycles. The van der Waals surface area contributed by atoms with Gasteiger partial charge in [0.05, 0.1) is 11.6 Å². The van der Waals surface area contributed by atoms with Gasteiger partial charge in [-0.25, -0.2) is 0 Å². The fourth-order valence-corrected chi connectivity index (χ4v) is 1.80. The molecule has 2 aromatic carbocycles. The highest BCUT2D eigenvalue weighted by atomic mass is 16.5. The summed E-state index contributed by atoms with van der Waals surface area (Å²) in [6, 6.07) is 14.4. The van der Waals surface area contributed by atoms with E-state index in [4.69, 9.17) is 10.00 Å². The molecule has 0 bridgehead atoms. The van der Waals surface area contributed by atoms with Gasteiger partial charge in [-0.1, -0.05) is 18.2 Å². The lowest BCUT2D eigenvalue weighted by atomic mass is 10.0. The second-order valence-corrected chi connectivity index (χ2v) is 4.65. The lowest BCUT2D eigenvalue weighted by Crippen LogP contribution is -2.12. The molecule has 0 aliphatic heterocycles. The standard InChI is InChI=1S/C17H15NO2/c1-12-6-7-15(8-13(12)2)17(19)11-20-16-5-3-4-14(9-16)10-18/h3-9H,11H2,1-2H3. The van der Waals surface area contributed by atoms with Crippen LogP contribution in [0.25, 0.3) is 0 Å². The Morgan fingerprint density at radius 3 is 2.65 bits per heavy atom.